The molecule has 0 spiro atoms. The van der Waals surface area contributed by atoms with Gasteiger partial charge in [0.05, 0.1) is 23.4 Å². The minimum Gasteiger partial charge on any atom is -0.462 e. The zero-order valence-electron chi connectivity index (χ0n) is 9.59. The van der Waals surface area contributed by atoms with Crippen LogP contribution in [0, 0.1) is 0 Å². The van der Waals surface area contributed by atoms with E-state index in [1.807, 2.05) is 0 Å². The average molecular weight is 284 g/mol. The van der Waals surface area contributed by atoms with Gasteiger partial charge in [-0.2, -0.15) is 13.2 Å². The van der Waals surface area contributed by atoms with E-state index in [2.05, 4.69) is 9.72 Å². The zero-order chi connectivity index (χ0) is 14.8. The molecule has 0 bridgehead atoms. The molecule has 1 aromatic heterocycles. The minimum atomic E-state index is -5.07. The molecule has 0 saturated heterocycles. The fourth-order valence-corrected chi connectivity index (χ4v) is 1.38. The van der Waals surface area contributed by atoms with Crippen molar-refractivity contribution in [2.24, 2.45) is 0 Å². The molecule has 0 aromatic carbocycles. The van der Waals surface area contributed by atoms with Crippen molar-refractivity contribution in [2.45, 2.75) is 19.5 Å². The van der Waals surface area contributed by atoms with Crippen molar-refractivity contribution < 1.29 is 31.5 Å². The Balaban J connectivity index is 3.49. The van der Waals surface area contributed by atoms with E-state index < -0.39 is 41.1 Å². The third kappa shape index (κ3) is 3.09. The number of hydrogen-bond donors (Lipinski definition) is 1. The van der Waals surface area contributed by atoms with Crippen molar-refractivity contribution in [3.8, 4) is 0 Å². The first-order chi connectivity index (χ1) is 8.70. The van der Waals surface area contributed by atoms with Gasteiger partial charge in [-0.05, 0) is 6.92 Å². The standard InChI is InChI=1S/C10H9F5N2O2/c1-2-19-9(18)4-3-17-7(8(11)12)6(16)5(4)10(13,14)15/h3,8H,2,16H2,1H3. The smallest absolute Gasteiger partial charge is 0.419 e. The Kier molecular flexibility index (Phi) is 4.28. The number of ether oxygens (including phenoxy) is 1. The molecule has 0 saturated carbocycles. The molecule has 2 N–H and O–H groups in total. The van der Waals surface area contributed by atoms with Crippen LogP contribution in [-0.2, 0) is 10.9 Å². The lowest BCUT2D eigenvalue weighted by Crippen LogP contribution is -2.20. The third-order valence-electron chi connectivity index (χ3n) is 2.13. The van der Waals surface area contributed by atoms with E-state index in [4.69, 9.17) is 5.73 Å². The average Bonchev–Trinajstić information content (AvgIpc) is 2.26. The number of alkyl halides is 5. The number of carbonyl (C=O) groups excluding carboxylic acids is 1. The molecule has 0 unspecified atom stereocenters. The van der Waals surface area contributed by atoms with E-state index in [0.717, 1.165) is 0 Å². The largest absolute Gasteiger partial charge is 0.462 e. The molecular weight excluding hydrogens is 275 g/mol. The van der Waals surface area contributed by atoms with E-state index in [1.165, 1.54) is 6.92 Å². The lowest BCUT2D eigenvalue weighted by Gasteiger charge is -2.16. The lowest BCUT2D eigenvalue weighted by atomic mass is 10.1. The number of nitrogen functional groups attached to an aromatic ring is 1. The third-order valence-corrected chi connectivity index (χ3v) is 2.13. The highest BCUT2D eigenvalue weighted by molar-refractivity contribution is 5.92. The van der Waals surface area contributed by atoms with Gasteiger partial charge < -0.3 is 10.5 Å². The molecule has 9 heteroatoms. The Morgan fingerprint density at radius 3 is 2.47 bits per heavy atom. The number of esters is 1. The quantitative estimate of drug-likeness (QED) is 0.684. The van der Waals surface area contributed by atoms with Gasteiger partial charge in [0.25, 0.3) is 6.43 Å². The van der Waals surface area contributed by atoms with Crippen molar-refractivity contribution in [1.29, 1.82) is 0 Å². The predicted octanol–water partition coefficient (Wildman–Crippen LogP) is 2.80. The fourth-order valence-electron chi connectivity index (χ4n) is 1.38. The highest BCUT2D eigenvalue weighted by Crippen LogP contribution is 2.39. The van der Waals surface area contributed by atoms with Crippen molar-refractivity contribution in [3.63, 3.8) is 0 Å². The highest BCUT2D eigenvalue weighted by atomic mass is 19.4. The Morgan fingerprint density at radius 1 is 1.47 bits per heavy atom. The van der Waals surface area contributed by atoms with Crippen molar-refractivity contribution in [1.82, 2.24) is 4.98 Å². The Hall–Kier alpha value is -1.93. The van der Waals surface area contributed by atoms with Gasteiger partial charge in [0.15, 0.2) is 0 Å². The fraction of sp³-hybridized carbons (Fsp3) is 0.400. The topological polar surface area (TPSA) is 65.2 Å². The summed E-state index contributed by atoms with van der Waals surface area (Å²) in [5.41, 5.74) is -0.103. The first kappa shape index (κ1) is 15.1. The molecule has 1 rings (SSSR count). The monoisotopic (exact) mass is 284 g/mol. The maximum atomic E-state index is 12.8. The van der Waals surface area contributed by atoms with Crippen LogP contribution in [-0.4, -0.2) is 17.6 Å². The predicted molar refractivity (Wildman–Crippen MR) is 54.6 cm³/mol. The van der Waals surface area contributed by atoms with E-state index in [0.29, 0.717) is 6.20 Å². The van der Waals surface area contributed by atoms with Crippen molar-refractivity contribution >= 4 is 11.7 Å². The molecule has 19 heavy (non-hydrogen) atoms. The minimum absolute atomic E-state index is 0.174. The number of hydrogen-bond acceptors (Lipinski definition) is 4. The number of anilines is 1. The molecular formula is C10H9F5N2O2. The zero-order valence-corrected chi connectivity index (χ0v) is 9.59. The lowest BCUT2D eigenvalue weighted by molar-refractivity contribution is -0.137. The molecule has 0 atom stereocenters. The second-order valence-electron chi connectivity index (χ2n) is 3.36. The molecule has 4 nitrogen and oxygen atoms in total. The summed E-state index contributed by atoms with van der Waals surface area (Å²) < 4.78 is 67.7. The molecule has 0 fully saturated rings. The first-order valence-corrected chi connectivity index (χ1v) is 5.01. The molecule has 106 valence electrons. The summed E-state index contributed by atoms with van der Waals surface area (Å²) in [5.74, 6) is -1.32. The van der Waals surface area contributed by atoms with Gasteiger partial charge >= 0.3 is 12.1 Å². The second kappa shape index (κ2) is 5.37. The number of pyridine rings is 1. The van der Waals surface area contributed by atoms with Crippen molar-refractivity contribution in [3.05, 3.63) is 23.0 Å². The van der Waals surface area contributed by atoms with Crippen LogP contribution in [0.15, 0.2) is 6.20 Å². The summed E-state index contributed by atoms with van der Waals surface area (Å²) in [6, 6.07) is 0. The highest BCUT2D eigenvalue weighted by Gasteiger charge is 2.40. The molecule has 0 aliphatic heterocycles. The van der Waals surface area contributed by atoms with Crippen LogP contribution in [0.2, 0.25) is 0 Å². The molecule has 0 aliphatic rings. The number of nitrogens with two attached hydrogens (primary N) is 1. The number of carbonyl (C=O) groups is 1. The van der Waals surface area contributed by atoms with Gasteiger partial charge in [0, 0.05) is 6.20 Å². The summed E-state index contributed by atoms with van der Waals surface area (Å²) in [6.45, 7) is 1.21. The maximum absolute atomic E-state index is 12.8. The molecule has 0 amide bonds. The Morgan fingerprint density at radius 2 is 2.05 bits per heavy atom. The van der Waals surface area contributed by atoms with Crippen LogP contribution in [0.25, 0.3) is 0 Å². The van der Waals surface area contributed by atoms with Crippen LogP contribution in [0.3, 0.4) is 0 Å². The summed E-state index contributed by atoms with van der Waals surface area (Å²) in [5, 5.41) is 0. The Labute approximate surface area is 104 Å². The van der Waals surface area contributed by atoms with Gasteiger partial charge in [-0.25, -0.2) is 13.6 Å². The number of nitrogens with zero attached hydrogens (tertiary/aromatic N) is 1. The van der Waals surface area contributed by atoms with E-state index in [9.17, 15) is 26.7 Å². The summed E-state index contributed by atoms with van der Waals surface area (Å²) in [7, 11) is 0. The van der Waals surface area contributed by atoms with Crippen LogP contribution < -0.4 is 5.73 Å². The maximum Gasteiger partial charge on any atom is 0.419 e. The van der Waals surface area contributed by atoms with Gasteiger partial charge in [-0.15, -0.1) is 0 Å². The van der Waals surface area contributed by atoms with Gasteiger partial charge in [0.2, 0.25) is 0 Å². The van der Waals surface area contributed by atoms with E-state index in [-0.39, 0.29) is 6.61 Å². The second-order valence-corrected chi connectivity index (χ2v) is 3.36. The number of halogens is 5. The number of aromatic nitrogens is 1. The molecule has 0 radical (unpaired) electrons. The molecule has 1 aromatic rings. The summed E-state index contributed by atoms with van der Waals surface area (Å²) in [4.78, 5) is 14.4. The summed E-state index contributed by atoms with van der Waals surface area (Å²) >= 11 is 0. The normalized spacial score (nSPS) is 11.7. The van der Waals surface area contributed by atoms with E-state index >= 15 is 0 Å². The van der Waals surface area contributed by atoms with Crippen LogP contribution in [0.1, 0.15) is 35.0 Å². The van der Waals surface area contributed by atoms with Gasteiger partial charge in [-0.1, -0.05) is 0 Å². The summed E-state index contributed by atoms with van der Waals surface area (Å²) in [6.07, 6.45) is -7.96. The van der Waals surface area contributed by atoms with Crippen LogP contribution >= 0.6 is 0 Å². The Bertz CT molecular complexity index is 488. The molecule has 0 aliphatic carbocycles. The van der Waals surface area contributed by atoms with Gasteiger partial charge in [-0.3, -0.25) is 4.98 Å². The number of rotatable bonds is 3. The van der Waals surface area contributed by atoms with Crippen LogP contribution in [0.4, 0.5) is 27.6 Å². The van der Waals surface area contributed by atoms with E-state index in [1.54, 1.807) is 0 Å². The van der Waals surface area contributed by atoms with Crippen LogP contribution in [0.5, 0.6) is 0 Å². The SMILES string of the molecule is CCOC(=O)c1cnc(C(F)F)c(N)c1C(F)(F)F. The van der Waals surface area contributed by atoms with Crippen molar-refractivity contribution in [2.75, 3.05) is 12.3 Å². The van der Waals surface area contributed by atoms with Gasteiger partial charge in [0.1, 0.15) is 5.69 Å². The molecule has 1 heterocycles. The first-order valence-electron chi connectivity index (χ1n) is 5.01.